The highest BCUT2D eigenvalue weighted by Gasteiger charge is 1.75. The van der Waals surface area contributed by atoms with Crippen LogP contribution in [0.1, 0.15) is 13.3 Å². The van der Waals surface area contributed by atoms with Crippen molar-refractivity contribution in [3.8, 4) is 0 Å². The third kappa shape index (κ3) is 6.96. The Labute approximate surface area is 63.3 Å². The fourth-order valence-corrected chi connectivity index (χ4v) is 0.435. The van der Waals surface area contributed by atoms with Gasteiger partial charge in [0, 0.05) is 0 Å². The zero-order valence-electron chi connectivity index (χ0n) is 6.43. The molecule has 0 amide bonds. The molecule has 0 aromatic carbocycles. The first-order chi connectivity index (χ1) is 4.77. The summed E-state index contributed by atoms with van der Waals surface area (Å²) >= 11 is 0. The second-order valence-corrected chi connectivity index (χ2v) is 2.13. The average Bonchev–Trinajstić information content (AvgIpc) is 1.87. The van der Waals surface area contributed by atoms with Crippen molar-refractivity contribution in [3.63, 3.8) is 0 Å². The number of hydrogen-bond donors (Lipinski definition) is 0. The van der Waals surface area contributed by atoms with Gasteiger partial charge in [-0.3, -0.25) is 0 Å². The Balaban J connectivity index is 3.46. The second-order valence-electron chi connectivity index (χ2n) is 2.13. The van der Waals surface area contributed by atoms with E-state index >= 15 is 0 Å². The molecule has 0 rings (SSSR count). The smallest absolute Gasteiger partial charge is 0.00697 e. The van der Waals surface area contributed by atoms with E-state index < -0.39 is 0 Å². The quantitative estimate of drug-likeness (QED) is 0.408. The molecule has 10 heavy (non-hydrogen) atoms. The average molecular weight is 133 g/mol. The van der Waals surface area contributed by atoms with Gasteiger partial charge in [0.15, 0.2) is 0 Å². The molecule has 0 fully saturated rings. The van der Waals surface area contributed by atoms with Crippen molar-refractivity contribution in [3.05, 3.63) is 49.1 Å². The van der Waals surface area contributed by atoms with E-state index in [2.05, 4.69) is 19.2 Å². The molecule has 53 valence electrons. The molecule has 0 unspecified atom stereocenters. The van der Waals surface area contributed by atoms with Crippen LogP contribution in [0.3, 0.4) is 0 Å². The van der Waals surface area contributed by atoms with Gasteiger partial charge >= 0.3 is 0 Å². The fraction of sp³-hybridized carbons (Fsp3) is 0.200. The summed E-state index contributed by atoms with van der Waals surface area (Å²) in [6, 6.07) is 0. The van der Waals surface area contributed by atoms with Crippen LogP contribution in [-0.4, -0.2) is 0 Å². The first-order valence-electron chi connectivity index (χ1n) is 3.26. The summed E-state index contributed by atoms with van der Waals surface area (Å²) in [7, 11) is 0. The van der Waals surface area contributed by atoms with Crippen LogP contribution in [0.2, 0.25) is 0 Å². The number of rotatable bonds is 4. The summed E-state index contributed by atoms with van der Waals surface area (Å²) in [6.07, 6.45) is 11.3. The molecule has 0 bridgehead atoms. The van der Waals surface area contributed by atoms with E-state index in [1.807, 2.05) is 25.2 Å². The van der Waals surface area contributed by atoms with Crippen molar-refractivity contribution in [2.45, 2.75) is 13.3 Å². The van der Waals surface area contributed by atoms with Crippen LogP contribution in [0.4, 0.5) is 0 Å². The summed E-state index contributed by atoms with van der Waals surface area (Å²) in [6.45, 7) is 9.27. The summed E-state index contributed by atoms with van der Waals surface area (Å²) in [5.41, 5.74) is 1.13. The zero-order valence-corrected chi connectivity index (χ0v) is 6.43. The summed E-state index contributed by atoms with van der Waals surface area (Å²) in [5, 5.41) is 0. The zero-order chi connectivity index (χ0) is 7.82. The highest BCUT2D eigenvalue weighted by atomic mass is 13.8. The molecule has 0 N–H and O–H groups in total. The second kappa shape index (κ2) is 6.09. The predicted molar refractivity (Wildman–Crippen MR) is 46.6 cm³/mol. The molecule has 0 spiro atoms. The molecule has 0 atom stereocenters. The minimum absolute atomic E-state index is 0.835. The largest absolute Gasteiger partial charge is 0.0998 e. The fourth-order valence-electron chi connectivity index (χ4n) is 0.435. The molecule has 1 radical (unpaired) electrons. The SMILES string of the molecule is C=CC=C/C=[C]/CC(=C)C. The van der Waals surface area contributed by atoms with Crippen molar-refractivity contribution in [1.82, 2.24) is 0 Å². The van der Waals surface area contributed by atoms with Gasteiger partial charge in [-0.15, -0.1) is 0 Å². The molecule has 0 saturated carbocycles. The van der Waals surface area contributed by atoms with Gasteiger partial charge in [0.25, 0.3) is 0 Å². The molecular weight excluding hydrogens is 120 g/mol. The van der Waals surface area contributed by atoms with Gasteiger partial charge in [-0.1, -0.05) is 43.0 Å². The van der Waals surface area contributed by atoms with Crippen molar-refractivity contribution in [2.75, 3.05) is 0 Å². The van der Waals surface area contributed by atoms with E-state index in [9.17, 15) is 0 Å². The molecule has 0 heterocycles. The van der Waals surface area contributed by atoms with E-state index in [0.717, 1.165) is 12.0 Å². The highest BCUT2D eigenvalue weighted by molar-refractivity contribution is 5.08. The maximum Gasteiger partial charge on any atom is -0.00697 e. The van der Waals surface area contributed by atoms with Crippen molar-refractivity contribution in [1.29, 1.82) is 0 Å². The van der Waals surface area contributed by atoms with Gasteiger partial charge in [-0.25, -0.2) is 0 Å². The van der Waals surface area contributed by atoms with Crippen molar-refractivity contribution in [2.24, 2.45) is 0 Å². The monoisotopic (exact) mass is 133 g/mol. The molecule has 0 saturated heterocycles. The maximum absolute atomic E-state index is 3.75. The lowest BCUT2D eigenvalue weighted by Gasteiger charge is -1.84. The third-order valence-corrected chi connectivity index (χ3v) is 0.865. The van der Waals surface area contributed by atoms with Gasteiger partial charge in [-0.05, 0) is 19.4 Å². The normalized spacial score (nSPS) is 10.9. The van der Waals surface area contributed by atoms with Crippen LogP contribution in [0.25, 0.3) is 0 Å². The van der Waals surface area contributed by atoms with Gasteiger partial charge in [-0.2, -0.15) is 0 Å². The van der Waals surface area contributed by atoms with Gasteiger partial charge in [0.05, 0.1) is 0 Å². The highest BCUT2D eigenvalue weighted by Crippen LogP contribution is 1.94. The molecule has 0 aliphatic rings. The van der Waals surface area contributed by atoms with E-state index in [1.54, 1.807) is 6.08 Å². The van der Waals surface area contributed by atoms with Gasteiger partial charge in [0.2, 0.25) is 0 Å². The minimum atomic E-state index is 0.835. The topological polar surface area (TPSA) is 0 Å². The Morgan fingerprint density at radius 2 is 2.20 bits per heavy atom. The van der Waals surface area contributed by atoms with Crippen LogP contribution < -0.4 is 0 Å². The molecule has 0 aromatic rings. The Morgan fingerprint density at radius 1 is 1.50 bits per heavy atom. The molecule has 0 nitrogen and oxygen atoms in total. The molecule has 0 aliphatic carbocycles. The van der Waals surface area contributed by atoms with E-state index in [4.69, 9.17) is 0 Å². The number of allylic oxidation sites excluding steroid dienone is 6. The summed E-state index contributed by atoms with van der Waals surface area (Å²) in [5.74, 6) is 0. The van der Waals surface area contributed by atoms with E-state index in [1.165, 1.54) is 0 Å². The van der Waals surface area contributed by atoms with Crippen LogP contribution in [0.15, 0.2) is 43.0 Å². The van der Waals surface area contributed by atoms with E-state index in [-0.39, 0.29) is 0 Å². The molecule has 0 heteroatoms. The molecule has 0 aromatic heterocycles. The van der Waals surface area contributed by atoms with Crippen molar-refractivity contribution >= 4 is 0 Å². The van der Waals surface area contributed by atoms with Crippen LogP contribution in [0.5, 0.6) is 0 Å². The van der Waals surface area contributed by atoms with Gasteiger partial charge in [0.1, 0.15) is 0 Å². The minimum Gasteiger partial charge on any atom is -0.0998 e. The van der Waals surface area contributed by atoms with Crippen LogP contribution in [0, 0.1) is 6.08 Å². The molecule has 0 aliphatic heterocycles. The Hall–Kier alpha value is -1.04. The lowest BCUT2D eigenvalue weighted by atomic mass is 10.2. The third-order valence-electron chi connectivity index (χ3n) is 0.865. The number of hydrogen-bond acceptors (Lipinski definition) is 0. The van der Waals surface area contributed by atoms with E-state index in [0.29, 0.717) is 0 Å². The van der Waals surface area contributed by atoms with Crippen LogP contribution >= 0.6 is 0 Å². The summed E-state index contributed by atoms with van der Waals surface area (Å²) in [4.78, 5) is 0. The maximum atomic E-state index is 3.75. The van der Waals surface area contributed by atoms with Crippen molar-refractivity contribution < 1.29 is 0 Å². The Bertz CT molecular complexity index is 159. The standard InChI is InChI=1S/C10H13/c1-4-5-6-7-8-9-10(2)3/h4-7H,1-2,9H2,3H3. The lowest BCUT2D eigenvalue weighted by Crippen LogP contribution is -1.66. The van der Waals surface area contributed by atoms with Crippen LogP contribution in [-0.2, 0) is 0 Å². The molecular formula is C10H13. The first kappa shape index (κ1) is 8.96. The summed E-state index contributed by atoms with van der Waals surface area (Å²) < 4.78 is 0. The van der Waals surface area contributed by atoms with Gasteiger partial charge < -0.3 is 0 Å². The first-order valence-corrected chi connectivity index (χ1v) is 3.26. The predicted octanol–water partition coefficient (Wildman–Crippen LogP) is 3.05. The lowest BCUT2D eigenvalue weighted by molar-refractivity contribution is 1.19. The Kier molecular flexibility index (Phi) is 5.45. The Morgan fingerprint density at radius 3 is 2.70 bits per heavy atom.